The number of sulfonamides is 1. The van der Waals surface area contributed by atoms with Crippen LogP contribution in [0.4, 0.5) is 4.39 Å². The number of carbonyl (C=O) groups excluding carboxylic acids is 1. The number of amides is 1. The van der Waals surface area contributed by atoms with Gasteiger partial charge in [-0.1, -0.05) is 44.5 Å². The molecule has 2 aromatic carbocycles. The Morgan fingerprint density at radius 3 is 2.34 bits per heavy atom. The number of rotatable bonds is 9. The molecule has 32 heavy (non-hydrogen) atoms. The van der Waals surface area contributed by atoms with Crippen LogP contribution < -0.4 is 5.32 Å². The second kappa shape index (κ2) is 11.0. The topological polar surface area (TPSA) is 69.7 Å². The van der Waals surface area contributed by atoms with Crippen LogP contribution in [-0.2, 0) is 23.1 Å². The summed E-state index contributed by atoms with van der Waals surface area (Å²) in [5, 5.41) is 2.85. The molecule has 1 saturated heterocycles. The Balaban J connectivity index is 1.75. The van der Waals surface area contributed by atoms with E-state index in [0.29, 0.717) is 19.6 Å². The standard InChI is InChI=1S/C24H32FN3O3S/c1-3-27(4-2)18-21-11-7-6-10-20(21)17-26-24(29)19-12-13-22(25)23(16-19)32(30,31)28-14-8-5-9-15-28/h6-7,10-13,16H,3-5,8-9,14-15,17-18H2,1-2H3,(H,26,29). The molecule has 3 rings (SSSR count). The van der Waals surface area contributed by atoms with Crippen LogP contribution in [0.1, 0.15) is 54.6 Å². The van der Waals surface area contributed by atoms with E-state index in [1.807, 2.05) is 24.3 Å². The molecule has 1 aliphatic heterocycles. The summed E-state index contributed by atoms with van der Waals surface area (Å²) in [6.45, 7) is 7.93. The van der Waals surface area contributed by atoms with E-state index in [4.69, 9.17) is 0 Å². The third kappa shape index (κ3) is 5.74. The number of piperidine rings is 1. The van der Waals surface area contributed by atoms with Crippen molar-refractivity contribution in [2.75, 3.05) is 26.2 Å². The van der Waals surface area contributed by atoms with E-state index in [0.717, 1.165) is 62.2 Å². The van der Waals surface area contributed by atoms with Crippen molar-refractivity contribution < 1.29 is 17.6 Å². The number of nitrogens with one attached hydrogen (secondary N) is 1. The lowest BCUT2D eigenvalue weighted by molar-refractivity contribution is 0.0950. The van der Waals surface area contributed by atoms with Crippen LogP contribution in [-0.4, -0.2) is 49.7 Å². The normalized spacial score (nSPS) is 15.1. The first-order valence-corrected chi connectivity index (χ1v) is 12.7. The zero-order chi connectivity index (χ0) is 23.1. The van der Waals surface area contributed by atoms with Crippen molar-refractivity contribution in [1.29, 1.82) is 0 Å². The largest absolute Gasteiger partial charge is 0.348 e. The monoisotopic (exact) mass is 461 g/mol. The molecule has 8 heteroatoms. The number of nitrogens with zero attached hydrogens (tertiary/aromatic N) is 2. The van der Waals surface area contributed by atoms with Crippen LogP contribution in [0.25, 0.3) is 0 Å². The van der Waals surface area contributed by atoms with Gasteiger partial charge in [0, 0.05) is 31.7 Å². The Bertz CT molecular complexity index is 1030. The van der Waals surface area contributed by atoms with Crippen LogP contribution >= 0.6 is 0 Å². The van der Waals surface area contributed by atoms with Crippen LogP contribution in [0.15, 0.2) is 47.4 Å². The van der Waals surface area contributed by atoms with Gasteiger partial charge in [0.25, 0.3) is 5.91 Å². The van der Waals surface area contributed by atoms with Gasteiger partial charge in [-0.2, -0.15) is 4.31 Å². The molecular formula is C24H32FN3O3S. The first-order valence-electron chi connectivity index (χ1n) is 11.2. The highest BCUT2D eigenvalue weighted by Gasteiger charge is 2.29. The summed E-state index contributed by atoms with van der Waals surface area (Å²) >= 11 is 0. The molecule has 0 unspecified atom stereocenters. The maximum absolute atomic E-state index is 14.4. The van der Waals surface area contributed by atoms with Crippen molar-refractivity contribution >= 4 is 15.9 Å². The van der Waals surface area contributed by atoms with Gasteiger partial charge in [-0.15, -0.1) is 0 Å². The lowest BCUT2D eigenvalue weighted by atomic mass is 10.1. The Morgan fingerprint density at radius 2 is 1.69 bits per heavy atom. The molecule has 0 aromatic heterocycles. The molecule has 0 atom stereocenters. The predicted octanol–water partition coefficient (Wildman–Crippen LogP) is 3.77. The van der Waals surface area contributed by atoms with Gasteiger partial charge < -0.3 is 5.32 Å². The van der Waals surface area contributed by atoms with Gasteiger partial charge in [0.1, 0.15) is 10.7 Å². The molecule has 2 aromatic rings. The van der Waals surface area contributed by atoms with Gasteiger partial charge in [-0.25, -0.2) is 12.8 Å². The first kappa shape index (κ1) is 24.4. The average Bonchev–Trinajstić information content (AvgIpc) is 2.82. The first-order chi connectivity index (χ1) is 15.4. The Labute approximate surface area is 190 Å². The summed E-state index contributed by atoms with van der Waals surface area (Å²) < 4.78 is 41.6. The van der Waals surface area contributed by atoms with Gasteiger partial charge in [-0.05, 0) is 55.3 Å². The molecule has 6 nitrogen and oxygen atoms in total. The predicted molar refractivity (Wildman–Crippen MR) is 123 cm³/mol. The van der Waals surface area contributed by atoms with E-state index >= 15 is 0 Å². The molecule has 1 fully saturated rings. The molecule has 1 amide bonds. The van der Waals surface area contributed by atoms with Crippen molar-refractivity contribution in [2.45, 2.75) is 51.1 Å². The molecular weight excluding hydrogens is 429 g/mol. The highest BCUT2D eigenvalue weighted by molar-refractivity contribution is 7.89. The highest BCUT2D eigenvalue weighted by atomic mass is 32.2. The zero-order valence-corrected chi connectivity index (χ0v) is 19.6. The van der Waals surface area contributed by atoms with Crippen molar-refractivity contribution in [2.24, 2.45) is 0 Å². The summed E-state index contributed by atoms with van der Waals surface area (Å²) in [6.07, 6.45) is 2.48. The minimum absolute atomic E-state index is 0.128. The Kier molecular flexibility index (Phi) is 8.39. The fraction of sp³-hybridized carbons (Fsp3) is 0.458. The fourth-order valence-electron chi connectivity index (χ4n) is 3.94. The maximum atomic E-state index is 14.4. The highest BCUT2D eigenvalue weighted by Crippen LogP contribution is 2.24. The zero-order valence-electron chi connectivity index (χ0n) is 18.8. The molecule has 174 valence electrons. The SMILES string of the molecule is CCN(CC)Cc1ccccc1CNC(=O)c1ccc(F)c(S(=O)(=O)N2CCCCC2)c1. The molecule has 0 spiro atoms. The average molecular weight is 462 g/mol. The number of halogens is 1. The number of hydrogen-bond donors (Lipinski definition) is 1. The molecule has 1 heterocycles. The molecule has 0 aliphatic carbocycles. The van der Waals surface area contributed by atoms with Gasteiger partial charge in [0.2, 0.25) is 10.0 Å². The van der Waals surface area contributed by atoms with Gasteiger partial charge in [-0.3, -0.25) is 9.69 Å². The third-order valence-corrected chi connectivity index (χ3v) is 7.89. The van der Waals surface area contributed by atoms with E-state index in [1.54, 1.807) is 0 Å². The summed E-state index contributed by atoms with van der Waals surface area (Å²) in [5.74, 6) is -1.27. The van der Waals surface area contributed by atoms with E-state index in [2.05, 4.69) is 24.1 Å². The summed E-state index contributed by atoms with van der Waals surface area (Å²) in [5.41, 5.74) is 2.25. The molecule has 1 aliphatic rings. The lowest BCUT2D eigenvalue weighted by Crippen LogP contribution is -2.36. The minimum Gasteiger partial charge on any atom is -0.348 e. The summed E-state index contributed by atoms with van der Waals surface area (Å²) in [6, 6.07) is 11.4. The van der Waals surface area contributed by atoms with E-state index in [9.17, 15) is 17.6 Å². The number of benzene rings is 2. The lowest BCUT2D eigenvalue weighted by Gasteiger charge is -2.26. The van der Waals surface area contributed by atoms with Gasteiger partial charge >= 0.3 is 0 Å². The van der Waals surface area contributed by atoms with Crippen LogP contribution in [0.3, 0.4) is 0 Å². The van der Waals surface area contributed by atoms with Crippen molar-refractivity contribution in [3.05, 3.63) is 65.0 Å². The number of hydrogen-bond acceptors (Lipinski definition) is 4. The number of carbonyl (C=O) groups is 1. The smallest absolute Gasteiger partial charge is 0.251 e. The van der Waals surface area contributed by atoms with Crippen LogP contribution in [0.5, 0.6) is 0 Å². The second-order valence-electron chi connectivity index (χ2n) is 8.02. The molecule has 0 radical (unpaired) electrons. The Morgan fingerprint density at radius 1 is 1.03 bits per heavy atom. The third-order valence-electron chi connectivity index (χ3n) is 5.97. The summed E-state index contributed by atoms with van der Waals surface area (Å²) in [4.78, 5) is 14.6. The molecule has 0 bridgehead atoms. The second-order valence-corrected chi connectivity index (χ2v) is 9.93. The van der Waals surface area contributed by atoms with Crippen molar-refractivity contribution in [3.63, 3.8) is 0 Å². The summed E-state index contributed by atoms with van der Waals surface area (Å²) in [7, 11) is -3.97. The maximum Gasteiger partial charge on any atom is 0.251 e. The van der Waals surface area contributed by atoms with Crippen molar-refractivity contribution in [3.8, 4) is 0 Å². The van der Waals surface area contributed by atoms with E-state index in [-0.39, 0.29) is 5.56 Å². The van der Waals surface area contributed by atoms with E-state index in [1.165, 1.54) is 10.4 Å². The Hall–Kier alpha value is -2.29. The van der Waals surface area contributed by atoms with Crippen molar-refractivity contribution in [1.82, 2.24) is 14.5 Å². The molecule has 1 N–H and O–H groups in total. The van der Waals surface area contributed by atoms with Crippen LogP contribution in [0.2, 0.25) is 0 Å². The van der Waals surface area contributed by atoms with Gasteiger partial charge in [0.15, 0.2) is 0 Å². The van der Waals surface area contributed by atoms with Gasteiger partial charge in [0.05, 0.1) is 0 Å². The minimum atomic E-state index is -3.97. The molecule has 0 saturated carbocycles. The fourth-order valence-corrected chi connectivity index (χ4v) is 5.54. The van der Waals surface area contributed by atoms with E-state index < -0.39 is 26.6 Å². The quantitative estimate of drug-likeness (QED) is 0.617. The van der Waals surface area contributed by atoms with Crippen LogP contribution in [0, 0.1) is 5.82 Å².